The van der Waals surface area contributed by atoms with Crippen molar-refractivity contribution in [3.8, 4) is 0 Å². The molecule has 0 radical (unpaired) electrons. The third kappa shape index (κ3) is 10.4. The SMILES string of the molecule is C/C=C/C=C/C=C/C=C/C=C/C=C/C. The summed E-state index contributed by atoms with van der Waals surface area (Å²) < 4.78 is 0. The van der Waals surface area contributed by atoms with Crippen molar-refractivity contribution < 1.29 is 0 Å². The molecule has 0 aromatic heterocycles. The van der Waals surface area contributed by atoms with Gasteiger partial charge in [0.15, 0.2) is 0 Å². The Bertz CT molecular complexity index is 240. The summed E-state index contributed by atoms with van der Waals surface area (Å²) in [5.74, 6) is 0. The van der Waals surface area contributed by atoms with Crippen LogP contribution in [0.3, 0.4) is 0 Å². The largest absolute Gasteiger partial charge is 0.0877 e. The van der Waals surface area contributed by atoms with Gasteiger partial charge in [-0.25, -0.2) is 0 Å². The normalized spacial score (nSPS) is 14.1. The van der Waals surface area contributed by atoms with Crippen LogP contribution in [0.15, 0.2) is 72.9 Å². The highest BCUT2D eigenvalue weighted by molar-refractivity contribution is 5.19. The van der Waals surface area contributed by atoms with Crippen LogP contribution in [-0.4, -0.2) is 0 Å². The molecule has 74 valence electrons. The molecule has 0 amide bonds. The fourth-order valence-corrected chi connectivity index (χ4v) is 0.735. The Morgan fingerprint density at radius 3 is 0.786 bits per heavy atom. The third-order valence-electron chi connectivity index (χ3n) is 1.38. The quantitative estimate of drug-likeness (QED) is 0.559. The van der Waals surface area contributed by atoms with Crippen LogP contribution in [0.25, 0.3) is 0 Å². The second-order valence-corrected chi connectivity index (χ2v) is 2.59. The molecule has 0 unspecified atom stereocenters. The third-order valence-corrected chi connectivity index (χ3v) is 1.38. The molecule has 0 bridgehead atoms. The van der Waals surface area contributed by atoms with Gasteiger partial charge in [0.05, 0.1) is 0 Å². The maximum atomic E-state index is 2.00. The summed E-state index contributed by atoms with van der Waals surface area (Å²) in [5, 5.41) is 0. The molecule has 0 aromatic carbocycles. The van der Waals surface area contributed by atoms with Crippen LogP contribution in [0.5, 0.6) is 0 Å². The fourth-order valence-electron chi connectivity index (χ4n) is 0.735. The van der Waals surface area contributed by atoms with Crippen molar-refractivity contribution in [1.29, 1.82) is 0 Å². The molecule has 0 saturated carbocycles. The lowest BCUT2D eigenvalue weighted by atomic mass is 10.3. The highest BCUT2D eigenvalue weighted by Crippen LogP contribution is 1.84. The maximum Gasteiger partial charge on any atom is -0.0467 e. The number of rotatable bonds is 5. The summed E-state index contributed by atoms with van der Waals surface area (Å²) in [4.78, 5) is 0. The van der Waals surface area contributed by atoms with Gasteiger partial charge in [-0.15, -0.1) is 0 Å². The standard InChI is InChI=1S/C14H18/c1-3-5-7-9-11-13-14-12-10-8-6-4-2/h3-14H,1-2H3/b5-3+,6-4+,9-7+,10-8+,13-11+,14-12+. The minimum absolute atomic E-state index is 2.00. The van der Waals surface area contributed by atoms with E-state index >= 15 is 0 Å². The molecule has 0 spiro atoms. The van der Waals surface area contributed by atoms with Crippen molar-refractivity contribution in [2.75, 3.05) is 0 Å². The Hall–Kier alpha value is -1.56. The van der Waals surface area contributed by atoms with E-state index in [1.807, 2.05) is 86.8 Å². The predicted octanol–water partition coefficient (Wildman–Crippen LogP) is 4.36. The van der Waals surface area contributed by atoms with Crippen molar-refractivity contribution in [1.82, 2.24) is 0 Å². The second kappa shape index (κ2) is 11.4. The van der Waals surface area contributed by atoms with Crippen LogP contribution >= 0.6 is 0 Å². The Labute approximate surface area is 87.3 Å². The average molecular weight is 186 g/mol. The van der Waals surface area contributed by atoms with E-state index in [0.29, 0.717) is 0 Å². The van der Waals surface area contributed by atoms with Crippen LogP contribution < -0.4 is 0 Å². The van der Waals surface area contributed by atoms with E-state index < -0.39 is 0 Å². The highest BCUT2D eigenvalue weighted by Gasteiger charge is 1.62. The van der Waals surface area contributed by atoms with Gasteiger partial charge < -0.3 is 0 Å². The Morgan fingerprint density at radius 1 is 0.357 bits per heavy atom. The van der Waals surface area contributed by atoms with Gasteiger partial charge in [0.1, 0.15) is 0 Å². The molecular formula is C14H18. The van der Waals surface area contributed by atoms with Crippen LogP contribution in [0.2, 0.25) is 0 Å². The lowest BCUT2D eigenvalue weighted by Gasteiger charge is -1.73. The van der Waals surface area contributed by atoms with Crippen molar-refractivity contribution >= 4 is 0 Å². The minimum Gasteiger partial charge on any atom is -0.0877 e. The van der Waals surface area contributed by atoms with Crippen molar-refractivity contribution in [3.05, 3.63) is 72.9 Å². The van der Waals surface area contributed by atoms with E-state index in [2.05, 4.69) is 0 Å². The number of allylic oxidation sites excluding steroid dienone is 12. The summed E-state index contributed by atoms with van der Waals surface area (Å²) >= 11 is 0. The fraction of sp³-hybridized carbons (Fsp3) is 0.143. The average Bonchev–Trinajstić information content (AvgIpc) is 2.21. The summed E-state index contributed by atoms with van der Waals surface area (Å²) in [6.45, 7) is 4.00. The van der Waals surface area contributed by atoms with Crippen molar-refractivity contribution in [3.63, 3.8) is 0 Å². The van der Waals surface area contributed by atoms with E-state index in [0.717, 1.165) is 0 Å². The maximum absolute atomic E-state index is 2.00. The van der Waals surface area contributed by atoms with E-state index in [1.54, 1.807) is 0 Å². The molecule has 0 aliphatic carbocycles. The Kier molecular flexibility index (Phi) is 10.2. The molecule has 0 saturated heterocycles. The molecule has 0 aliphatic rings. The number of hydrogen-bond acceptors (Lipinski definition) is 0. The Morgan fingerprint density at radius 2 is 0.571 bits per heavy atom. The van der Waals surface area contributed by atoms with Crippen LogP contribution in [0, 0.1) is 0 Å². The first-order valence-electron chi connectivity index (χ1n) is 4.82. The Balaban J connectivity index is 3.70. The van der Waals surface area contributed by atoms with Crippen LogP contribution in [0.4, 0.5) is 0 Å². The summed E-state index contributed by atoms with van der Waals surface area (Å²) in [6.07, 6.45) is 24.0. The molecule has 0 atom stereocenters. The topological polar surface area (TPSA) is 0 Å². The van der Waals surface area contributed by atoms with Crippen molar-refractivity contribution in [2.45, 2.75) is 13.8 Å². The summed E-state index contributed by atoms with van der Waals surface area (Å²) in [5.41, 5.74) is 0. The molecule has 0 heterocycles. The van der Waals surface area contributed by atoms with Crippen LogP contribution in [0.1, 0.15) is 13.8 Å². The first-order chi connectivity index (χ1) is 6.91. The van der Waals surface area contributed by atoms with Gasteiger partial charge in [0.25, 0.3) is 0 Å². The second-order valence-electron chi connectivity index (χ2n) is 2.59. The molecule has 0 fully saturated rings. The van der Waals surface area contributed by atoms with E-state index in [9.17, 15) is 0 Å². The monoisotopic (exact) mass is 186 g/mol. The first kappa shape index (κ1) is 12.4. The van der Waals surface area contributed by atoms with Crippen LogP contribution in [-0.2, 0) is 0 Å². The molecule has 14 heavy (non-hydrogen) atoms. The van der Waals surface area contributed by atoms with E-state index in [-0.39, 0.29) is 0 Å². The predicted molar refractivity (Wildman–Crippen MR) is 66.2 cm³/mol. The summed E-state index contributed by atoms with van der Waals surface area (Å²) in [6, 6.07) is 0. The number of hydrogen-bond donors (Lipinski definition) is 0. The zero-order valence-electron chi connectivity index (χ0n) is 8.93. The zero-order chi connectivity index (χ0) is 10.5. The molecule has 0 N–H and O–H groups in total. The zero-order valence-corrected chi connectivity index (χ0v) is 8.93. The molecule has 0 aromatic rings. The van der Waals surface area contributed by atoms with Gasteiger partial charge >= 0.3 is 0 Å². The van der Waals surface area contributed by atoms with Gasteiger partial charge in [0, 0.05) is 0 Å². The molecular weight excluding hydrogens is 168 g/mol. The molecule has 0 heteroatoms. The lowest BCUT2D eigenvalue weighted by Crippen LogP contribution is -1.52. The smallest absolute Gasteiger partial charge is 0.0467 e. The minimum atomic E-state index is 2.00. The highest BCUT2D eigenvalue weighted by atomic mass is 13.7. The van der Waals surface area contributed by atoms with Gasteiger partial charge in [-0.2, -0.15) is 0 Å². The molecule has 0 aliphatic heterocycles. The summed E-state index contributed by atoms with van der Waals surface area (Å²) in [7, 11) is 0. The van der Waals surface area contributed by atoms with E-state index in [1.165, 1.54) is 0 Å². The first-order valence-corrected chi connectivity index (χ1v) is 4.82. The molecule has 0 rings (SSSR count). The van der Waals surface area contributed by atoms with Gasteiger partial charge in [0.2, 0.25) is 0 Å². The molecule has 0 nitrogen and oxygen atoms in total. The van der Waals surface area contributed by atoms with Gasteiger partial charge in [-0.1, -0.05) is 72.9 Å². The van der Waals surface area contributed by atoms with Gasteiger partial charge in [-0.3, -0.25) is 0 Å². The van der Waals surface area contributed by atoms with Gasteiger partial charge in [-0.05, 0) is 13.8 Å². The van der Waals surface area contributed by atoms with E-state index in [4.69, 9.17) is 0 Å². The lowest BCUT2D eigenvalue weighted by molar-refractivity contribution is 1.72. The van der Waals surface area contributed by atoms with Crippen molar-refractivity contribution in [2.24, 2.45) is 0 Å².